The highest BCUT2D eigenvalue weighted by atomic mass is 16.5. The van der Waals surface area contributed by atoms with Crippen LogP contribution in [0.25, 0.3) is 11.1 Å². The smallest absolute Gasteiger partial charge is 0.407 e. The number of rotatable bonds is 7. The van der Waals surface area contributed by atoms with Crippen molar-refractivity contribution in [3.05, 3.63) is 89.5 Å². The molecule has 1 aliphatic carbocycles. The number of nitrogens with one attached hydrogen (secondary N) is 2. The molecule has 0 radical (unpaired) electrons. The average molecular weight is 455 g/mol. The molecule has 0 aliphatic heterocycles. The van der Waals surface area contributed by atoms with Crippen molar-refractivity contribution in [2.45, 2.75) is 18.4 Å². The molecule has 0 aromatic heterocycles. The van der Waals surface area contributed by atoms with E-state index in [1.165, 1.54) is 12.1 Å². The van der Waals surface area contributed by atoms with Crippen molar-refractivity contribution in [1.29, 1.82) is 5.26 Å². The van der Waals surface area contributed by atoms with E-state index in [2.05, 4.69) is 10.6 Å². The zero-order valence-corrected chi connectivity index (χ0v) is 18.0. The van der Waals surface area contributed by atoms with Crippen LogP contribution in [0.5, 0.6) is 0 Å². The molecule has 1 atom stereocenters. The molecule has 3 aromatic rings. The number of fused-ring (bicyclic) bond motifs is 3. The third-order valence-electron chi connectivity index (χ3n) is 5.64. The van der Waals surface area contributed by atoms with Crippen LogP contribution < -0.4 is 10.6 Å². The molecule has 170 valence electrons. The maximum atomic E-state index is 12.7. The summed E-state index contributed by atoms with van der Waals surface area (Å²) in [7, 11) is 0. The molecule has 0 bridgehead atoms. The molecule has 8 heteroatoms. The minimum absolute atomic E-state index is 0.0263. The number of anilines is 1. The molecule has 0 fully saturated rings. The SMILES string of the molecule is N#Cc1ccccc1NC(=O)C(CC(=O)O)NC(=O)OCC1c2ccccc2-c2ccccc21. The molecule has 1 aliphatic rings. The molecule has 34 heavy (non-hydrogen) atoms. The van der Waals surface area contributed by atoms with Crippen molar-refractivity contribution in [3.8, 4) is 17.2 Å². The van der Waals surface area contributed by atoms with E-state index in [9.17, 15) is 24.8 Å². The lowest BCUT2D eigenvalue weighted by atomic mass is 9.98. The number of carboxylic acid groups (broad SMARTS) is 1. The van der Waals surface area contributed by atoms with Gasteiger partial charge in [-0.25, -0.2) is 4.79 Å². The van der Waals surface area contributed by atoms with E-state index in [0.717, 1.165) is 22.3 Å². The summed E-state index contributed by atoms with van der Waals surface area (Å²) in [6.07, 6.45) is -1.55. The van der Waals surface area contributed by atoms with Crippen molar-refractivity contribution in [2.24, 2.45) is 0 Å². The monoisotopic (exact) mass is 455 g/mol. The summed E-state index contributed by atoms with van der Waals surface area (Å²) in [5.74, 6) is -2.21. The maximum Gasteiger partial charge on any atom is 0.407 e. The van der Waals surface area contributed by atoms with Gasteiger partial charge in [-0.1, -0.05) is 60.7 Å². The van der Waals surface area contributed by atoms with Gasteiger partial charge >= 0.3 is 12.1 Å². The van der Waals surface area contributed by atoms with Gasteiger partial charge in [0, 0.05) is 5.92 Å². The van der Waals surface area contributed by atoms with Crippen LogP contribution in [0.2, 0.25) is 0 Å². The summed E-state index contributed by atoms with van der Waals surface area (Å²) in [5, 5.41) is 23.2. The van der Waals surface area contributed by atoms with Crippen LogP contribution in [-0.4, -0.2) is 35.7 Å². The van der Waals surface area contributed by atoms with E-state index < -0.39 is 30.4 Å². The molecule has 0 heterocycles. The fourth-order valence-corrected chi connectivity index (χ4v) is 4.08. The number of amides is 2. The van der Waals surface area contributed by atoms with Gasteiger partial charge in [-0.2, -0.15) is 5.26 Å². The first kappa shape index (κ1) is 22.6. The Kier molecular flexibility index (Phi) is 6.55. The van der Waals surface area contributed by atoms with Crippen molar-refractivity contribution in [3.63, 3.8) is 0 Å². The molecule has 0 saturated carbocycles. The lowest BCUT2D eigenvalue weighted by Crippen LogP contribution is -2.45. The van der Waals surface area contributed by atoms with Crippen molar-refractivity contribution in [1.82, 2.24) is 5.32 Å². The summed E-state index contributed by atoms with van der Waals surface area (Å²) in [6.45, 7) is 0.0263. The Bertz CT molecular complexity index is 1250. The largest absolute Gasteiger partial charge is 0.481 e. The maximum absolute atomic E-state index is 12.7. The zero-order chi connectivity index (χ0) is 24.1. The van der Waals surface area contributed by atoms with Crippen LogP contribution in [0.4, 0.5) is 10.5 Å². The number of nitrogens with zero attached hydrogens (tertiary/aromatic N) is 1. The number of carboxylic acids is 1. The average Bonchev–Trinajstić information content (AvgIpc) is 3.16. The second-order valence-corrected chi connectivity index (χ2v) is 7.77. The first-order valence-electron chi connectivity index (χ1n) is 10.6. The highest BCUT2D eigenvalue weighted by Crippen LogP contribution is 2.44. The van der Waals surface area contributed by atoms with Crippen molar-refractivity contribution < 1.29 is 24.2 Å². The number of benzene rings is 3. The summed E-state index contributed by atoms with van der Waals surface area (Å²) >= 11 is 0. The topological polar surface area (TPSA) is 129 Å². The number of nitriles is 1. The zero-order valence-electron chi connectivity index (χ0n) is 18.0. The van der Waals surface area contributed by atoms with Gasteiger partial charge in [-0.15, -0.1) is 0 Å². The number of alkyl carbamates (subject to hydrolysis) is 1. The Morgan fingerprint density at radius 1 is 0.941 bits per heavy atom. The number of ether oxygens (including phenoxy) is 1. The lowest BCUT2D eigenvalue weighted by Gasteiger charge is -2.19. The molecule has 4 rings (SSSR count). The van der Waals surface area contributed by atoms with E-state index in [1.54, 1.807) is 12.1 Å². The highest BCUT2D eigenvalue weighted by Gasteiger charge is 2.30. The number of carbonyl (C=O) groups excluding carboxylic acids is 2. The lowest BCUT2D eigenvalue weighted by molar-refractivity contribution is -0.139. The summed E-state index contributed by atoms with van der Waals surface area (Å²) in [5.41, 5.74) is 4.65. The first-order valence-corrected chi connectivity index (χ1v) is 10.6. The van der Waals surface area contributed by atoms with Crippen molar-refractivity contribution in [2.75, 3.05) is 11.9 Å². The molecule has 1 unspecified atom stereocenters. The number of hydrogen-bond acceptors (Lipinski definition) is 5. The van der Waals surface area contributed by atoms with Gasteiger partial charge in [0.25, 0.3) is 0 Å². The van der Waals surface area contributed by atoms with Gasteiger partial charge < -0.3 is 20.5 Å². The van der Waals surface area contributed by atoms with E-state index in [-0.39, 0.29) is 23.8 Å². The van der Waals surface area contributed by atoms with Crippen LogP contribution in [-0.2, 0) is 14.3 Å². The third-order valence-corrected chi connectivity index (χ3v) is 5.64. The van der Waals surface area contributed by atoms with Crippen LogP contribution in [0.1, 0.15) is 29.0 Å². The quantitative estimate of drug-likeness (QED) is 0.496. The predicted octanol–water partition coefficient (Wildman–Crippen LogP) is 3.88. The molecule has 2 amide bonds. The van der Waals surface area contributed by atoms with Gasteiger partial charge in [0.15, 0.2) is 0 Å². The Labute approximate surface area is 195 Å². The second kappa shape index (κ2) is 9.88. The van der Waals surface area contributed by atoms with Crippen LogP contribution >= 0.6 is 0 Å². The van der Waals surface area contributed by atoms with Crippen LogP contribution in [0, 0.1) is 11.3 Å². The van der Waals surface area contributed by atoms with Crippen LogP contribution in [0.15, 0.2) is 72.8 Å². The van der Waals surface area contributed by atoms with Gasteiger partial charge in [-0.3, -0.25) is 9.59 Å². The Morgan fingerprint density at radius 3 is 2.15 bits per heavy atom. The Morgan fingerprint density at radius 2 is 1.53 bits per heavy atom. The van der Waals surface area contributed by atoms with E-state index in [4.69, 9.17) is 4.74 Å². The number of hydrogen-bond donors (Lipinski definition) is 3. The Hall–Kier alpha value is -4.64. The normalized spacial score (nSPS) is 12.6. The number of para-hydroxylation sites is 1. The fraction of sp³-hybridized carbons (Fsp3) is 0.154. The molecular weight excluding hydrogens is 434 g/mol. The highest BCUT2D eigenvalue weighted by molar-refractivity contribution is 5.99. The van der Waals surface area contributed by atoms with E-state index in [1.807, 2.05) is 54.6 Å². The fourth-order valence-electron chi connectivity index (χ4n) is 4.08. The summed E-state index contributed by atoms with van der Waals surface area (Å²) < 4.78 is 5.42. The van der Waals surface area contributed by atoms with Crippen molar-refractivity contribution >= 4 is 23.7 Å². The summed E-state index contributed by atoms with van der Waals surface area (Å²) in [6, 6.07) is 22.6. The third kappa shape index (κ3) is 4.74. The number of aliphatic carboxylic acids is 1. The van der Waals surface area contributed by atoms with E-state index in [0.29, 0.717) is 0 Å². The van der Waals surface area contributed by atoms with Crippen LogP contribution in [0.3, 0.4) is 0 Å². The standard InChI is InChI=1S/C26H21N3O5/c27-14-16-7-1-6-12-22(16)28-25(32)23(13-24(30)31)29-26(33)34-15-21-19-10-4-2-8-17(19)18-9-3-5-11-20(18)21/h1-12,21,23H,13,15H2,(H,28,32)(H,29,33)(H,30,31). The molecule has 8 nitrogen and oxygen atoms in total. The summed E-state index contributed by atoms with van der Waals surface area (Å²) in [4.78, 5) is 36.5. The number of carbonyl (C=O) groups is 3. The molecule has 3 N–H and O–H groups in total. The minimum atomic E-state index is -1.39. The minimum Gasteiger partial charge on any atom is -0.481 e. The molecule has 0 spiro atoms. The predicted molar refractivity (Wildman–Crippen MR) is 124 cm³/mol. The molecule has 0 saturated heterocycles. The van der Waals surface area contributed by atoms with Gasteiger partial charge in [0.1, 0.15) is 18.7 Å². The first-order chi connectivity index (χ1) is 16.5. The van der Waals surface area contributed by atoms with Gasteiger partial charge in [0.2, 0.25) is 5.91 Å². The Balaban J connectivity index is 1.44. The van der Waals surface area contributed by atoms with Gasteiger partial charge in [-0.05, 0) is 34.4 Å². The second-order valence-electron chi connectivity index (χ2n) is 7.77. The van der Waals surface area contributed by atoms with Gasteiger partial charge in [0.05, 0.1) is 17.7 Å². The molecular formula is C26H21N3O5. The molecule has 3 aromatic carbocycles. The van der Waals surface area contributed by atoms with E-state index >= 15 is 0 Å².